The molecule has 0 spiro atoms. The maximum Gasteiger partial charge on any atom is 0.263 e. The largest absolute Gasteiger partial charge is 0.273 e. The van der Waals surface area contributed by atoms with Gasteiger partial charge in [0.15, 0.2) is 0 Å². The van der Waals surface area contributed by atoms with E-state index in [-0.39, 0.29) is 5.91 Å². The molecule has 0 heterocycles. The number of hydrogen-bond donors (Lipinski definition) is 1. The Kier molecular flexibility index (Phi) is 7.56. The highest BCUT2D eigenvalue weighted by Gasteiger charge is 2.37. The zero-order chi connectivity index (χ0) is 13.3. The summed E-state index contributed by atoms with van der Waals surface area (Å²) in [5.74, 6) is 0.0495. The number of carbonyl (C=O) groups is 1. The summed E-state index contributed by atoms with van der Waals surface area (Å²) in [5.41, 5.74) is 1.48. The van der Waals surface area contributed by atoms with Crippen molar-refractivity contribution in [3.63, 3.8) is 0 Å². The fourth-order valence-corrected chi connectivity index (χ4v) is 1.74. The van der Waals surface area contributed by atoms with E-state index < -0.39 is 5.41 Å². The van der Waals surface area contributed by atoms with Crippen molar-refractivity contribution in [3.8, 4) is 6.07 Å². The molecule has 0 aromatic rings. The van der Waals surface area contributed by atoms with Gasteiger partial charge in [0, 0.05) is 0 Å². The number of rotatable bonds is 8. The third-order valence-corrected chi connectivity index (χ3v) is 2.58. The molecule has 17 heavy (non-hydrogen) atoms. The molecule has 0 aromatic carbocycles. The van der Waals surface area contributed by atoms with Crippen LogP contribution < -0.4 is 5.48 Å². The van der Waals surface area contributed by atoms with Gasteiger partial charge in [-0.05, 0) is 18.8 Å². The molecular weight excluding hydrogens is 216 g/mol. The Morgan fingerprint density at radius 3 is 2.24 bits per heavy atom. The average Bonchev–Trinajstić information content (AvgIpc) is 2.27. The lowest BCUT2D eigenvalue weighted by Crippen LogP contribution is -2.40. The van der Waals surface area contributed by atoms with Gasteiger partial charge < -0.3 is 0 Å². The Labute approximate surface area is 104 Å². The zero-order valence-electron chi connectivity index (χ0n) is 11.4. The maximum absolute atomic E-state index is 12.0. The van der Waals surface area contributed by atoms with Crippen molar-refractivity contribution in [2.24, 2.45) is 11.3 Å². The van der Waals surface area contributed by atoms with E-state index in [0.29, 0.717) is 25.4 Å². The van der Waals surface area contributed by atoms with Gasteiger partial charge in [0.25, 0.3) is 5.91 Å². The summed E-state index contributed by atoms with van der Waals surface area (Å²) in [5, 5.41) is 9.25. The smallest absolute Gasteiger partial charge is 0.263 e. The highest BCUT2D eigenvalue weighted by molar-refractivity contribution is 5.84. The molecule has 0 radical (unpaired) electrons. The molecule has 0 saturated carbocycles. The van der Waals surface area contributed by atoms with Crippen LogP contribution in [0.1, 0.15) is 53.4 Å². The van der Waals surface area contributed by atoms with E-state index in [1.54, 1.807) is 0 Å². The van der Waals surface area contributed by atoms with Crippen LogP contribution in [0.4, 0.5) is 0 Å². The van der Waals surface area contributed by atoms with E-state index >= 15 is 0 Å². The molecule has 0 aromatic heterocycles. The van der Waals surface area contributed by atoms with Gasteiger partial charge in [0.1, 0.15) is 5.41 Å². The second kappa shape index (κ2) is 8.08. The Morgan fingerprint density at radius 2 is 1.88 bits per heavy atom. The summed E-state index contributed by atoms with van der Waals surface area (Å²) in [4.78, 5) is 17.1. The Hall–Kier alpha value is -1.08. The fourth-order valence-electron chi connectivity index (χ4n) is 1.74. The molecule has 0 aliphatic rings. The van der Waals surface area contributed by atoms with Crippen LogP contribution in [0.5, 0.6) is 0 Å². The minimum Gasteiger partial charge on any atom is -0.273 e. The molecule has 98 valence electrons. The lowest BCUT2D eigenvalue weighted by Gasteiger charge is -2.24. The van der Waals surface area contributed by atoms with Gasteiger partial charge in [-0.3, -0.25) is 9.63 Å². The summed E-state index contributed by atoms with van der Waals surface area (Å²) >= 11 is 0. The number of carbonyl (C=O) groups excluding carboxylic acids is 1. The monoisotopic (exact) mass is 240 g/mol. The van der Waals surface area contributed by atoms with Crippen LogP contribution in [0.15, 0.2) is 0 Å². The summed E-state index contributed by atoms with van der Waals surface area (Å²) in [6.45, 7) is 8.42. The summed E-state index contributed by atoms with van der Waals surface area (Å²) < 4.78 is 0. The van der Waals surface area contributed by atoms with Crippen LogP contribution in [0.2, 0.25) is 0 Å². The van der Waals surface area contributed by atoms with Crippen LogP contribution in [-0.2, 0) is 9.63 Å². The molecular formula is C13H24N2O2. The maximum atomic E-state index is 12.0. The number of nitrogens with one attached hydrogen (secondary N) is 1. The van der Waals surface area contributed by atoms with Crippen LogP contribution in [-0.4, -0.2) is 12.5 Å². The van der Waals surface area contributed by atoms with Gasteiger partial charge in [-0.15, -0.1) is 0 Å². The molecule has 4 heteroatoms. The molecule has 0 bridgehead atoms. The molecule has 1 N–H and O–H groups in total. The SMILES string of the molecule is CCCC(C#N)(CCC)C(=O)NOCC(C)C. The van der Waals surface area contributed by atoms with Gasteiger partial charge >= 0.3 is 0 Å². The van der Waals surface area contributed by atoms with Gasteiger partial charge in [-0.2, -0.15) is 5.26 Å². The lowest BCUT2D eigenvalue weighted by atomic mass is 9.80. The molecule has 4 nitrogen and oxygen atoms in total. The van der Waals surface area contributed by atoms with Crippen LogP contribution >= 0.6 is 0 Å². The molecule has 0 aliphatic carbocycles. The zero-order valence-corrected chi connectivity index (χ0v) is 11.4. The molecule has 0 fully saturated rings. The van der Waals surface area contributed by atoms with Crippen LogP contribution in [0.25, 0.3) is 0 Å². The molecule has 0 aliphatic heterocycles. The van der Waals surface area contributed by atoms with Crippen molar-refractivity contribution in [1.29, 1.82) is 5.26 Å². The second-order valence-electron chi connectivity index (χ2n) is 4.83. The normalized spacial score (nSPS) is 11.3. The van der Waals surface area contributed by atoms with Gasteiger partial charge in [0.2, 0.25) is 0 Å². The standard InChI is InChI=1S/C13H24N2O2/c1-5-7-13(10-14,8-6-2)12(16)15-17-9-11(3)4/h11H,5-9H2,1-4H3,(H,15,16). The molecule has 1 amide bonds. The van der Waals surface area contributed by atoms with E-state index in [9.17, 15) is 10.1 Å². The second-order valence-corrected chi connectivity index (χ2v) is 4.83. The van der Waals surface area contributed by atoms with E-state index in [2.05, 4.69) is 11.5 Å². The average molecular weight is 240 g/mol. The van der Waals surface area contributed by atoms with E-state index in [4.69, 9.17) is 4.84 Å². The van der Waals surface area contributed by atoms with E-state index in [0.717, 1.165) is 12.8 Å². The third-order valence-electron chi connectivity index (χ3n) is 2.58. The first-order chi connectivity index (χ1) is 8.02. The van der Waals surface area contributed by atoms with Gasteiger partial charge in [-0.1, -0.05) is 40.5 Å². The van der Waals surface area contributed by atoms with Crippen LogP contribution in [0.3, 0.4) is 0 Å². The van der Waals surface area contributed by atoms with Gasteiger partial charge in [0.05, 0.1) is 12.7 Å². The van der Waals surface area contributed by atoms with Crippen LogP contribution in [0, 0.1) is 22.7 Å². The predicted octanol–water partition coefficient (Wildman–Crippen LogP) is 2.80. The lowest BCUT2D eigenvalue weighted by molar-refractivity contribution is -0.142. The van der Waals surface area contributed by atoms with Crippen molar-refractivity contribution in [1.82, 2.24) is 5.48 Å². The summed E-state index contributed by atoms with van der Waals surface area (Å²) in [6, 6.07) is 2.16. The predicted molar refractivity (Wildman–Crippen MR) is 66.8 cm³/mol. The number of amides is 1. The Morgan fingerprint density at radius 1 is 1.35 bits per heavy atom. The first-order valence-corrected chi connectivity index (χ1v) is 6.35. The number of hydrogen-bond acceptors (Lipinski definition) is 3. The highest BCUT2D eigenvalue weighted by atomic mass is 16.7. The minimum atomic E-state index is -0.930. The third kappa shape index (κ3) is 5.18. The molecule has 0 saturated heterocycles. The molecule has 0 rings (SSSR count). The Balaban J connectivity index is 4.47. The van der Waals surface area contributed by atoms with Crippen molar-refractivity contribution < 1.29 is 9.63 Å². The fraction of sp³-hybridized carbons (Fsp3) is 0.846. The molecule has 0 atom stereocenters. The first kappa shape index (κ1) is 15.9. The number of nitrogens with zero attached hydrogens (tertiary/aromatic N) is 1. The van der Waals surface area contributed by atoms with Crippen molar-refractivity contribution in [2.75, 3.05) is 6.61 Å². The van der Waals surface area contributed by atoms with Crippen molar-refractivity contribution in [2.45, 2.75) is 53.4 Å². The van der Waals surface area contributed by atoms with Gasteiger partial charge in [-0.25, -0.2) is 5.48 Å². The number of hydroxylamine groups is 1. The van der Waals surface area contributed by atoms with E-state index in [1.165, 1.54) is 0 Å². The van der Waals surface area contributed by atoms with Crippen molar-refractivity contribution >= 4 is 5.91 Å². The molecule has 0 unspecified atom stereocenters. The minimum absolute atomic E-state index is 0.302. The highest BCUT2D eigenvalue weighted by Crippen LogP contribution is 2.29. The van der Waals surface area contributed by atoms with Crippen molar-refractivity contribution in [3.05, 3.63) is 0 Å². The topological polar surface area (TPSA) is 62.1 Å². The summed E-state index contributed by atoms with van der Waals surface area (Å²) in [7, 11) is 0. The summed E-state index contributed by atoms with van der Waals surface area (Å²) in [6.07, 6.45) is 2.78. The van der Waals surface area contributed by atoms with E-state index in [1.807, 2.05) is 27.7 Å². The quantitative estimate of drug-likeness (QED) is 0.663. The first-order valence-electron chi connectivity index (χ1n) is 6.35. The Bertz CT molecular complexity index is 263. The number of nitriles is 1.